The Morgan fingerprint density at radius 1 is 1.21 bits per heavy atom. The minimum absolute atomic E-state index is 0.0642. The monoisotopic (exact) mass is 277 g/mol. The molecule has 19 heavy (non-hydrogen) atoms. The van der Waals surface area contributed by atoms with Crippen LogP contribution in [-0.2, 0) is 11.3 Å². The zero-order chi connectivity index (χ0) is 14.0. The smallest absolute Gasteiger partial charge is 0.404 e. The van der Waals surface area contributed by atoms with Crippen molar-refractivity contribution in [3.63, 3.8) is 0 Å². The zero-order valence-corrected chi connectivity index (χ0v) is 10.00. The van der Waals surface area contributed by atoms with E-state index in [0.717, 1.165) is 12.1 Å². The summed E-state index contributed by atoms with van der Waals surface area (Å²) in [5.41, 5.74) is 0.0642. The molecule has 0 aliphatic heterocycles. The fourth-order valence-corrected chi connectivity index (χ4v) is 1.84. The van der Waals surface area contributed by atoms with Gasteiger partial charge < -0.3 is 14.0 Å². The Bertz CT molecular complexity index is 577. The van der Waals surface area contributed by atoms with Gasteiger partial charge in [0.15, 0.2) is 5.75 Å². The van der Waals surface area contributed by atoms with Crippen molar-refractivity contribution in [2.45, 2.75) is 12.9 Å². The van der Waals surface area contributed by atoms with Crippen molar-refractivity contribution in [3.8, 4) is 5.75 Å². The number of alkyl halides is 3. The Kier molecular flexibility index (Phi) is 3.66. The Hall–Kier alpha value is -1.76. The Morgan fingerprint density at radius 2 is 1.95 bits per heavy atom. The van der Waals surface area contributed by atoms with E-state index in [0.29, 0.717) is 13.2 Å². The van der Waals surface area contributed by atoms with E-state index in [-0.39, 0.29) is 10.9 Å². The van der Waals surface area contributed by atoms with E-state index >= 15 is 0 Å². The Balaban J connectivity index is 2.50. The third-order valence-corrected chi connectivity index (χ3v) is 2.60. The van der Waals surface area contributed by atoms with Crippen molar-refractivity contribution < 1.29 is 27.0 Å². The number of nitrogens with zero attached hydrogens (tertiary/aromatic N) is 1. The highest BCUT2D eigenvalue weighted by molar-refractivity contribution is 5.86. The highest BCUT2D eigenvalue weighted by Gasteiger charge is 2.32. The molecule has 2 aromatic rings. The molecule has 2 rings (SSSR count). The van der Waals surface area contributed by atoms with Crippen molar-refractivity contribution in [2.24, 2.45) is 0 Å². The molecule has 0 saturated carbocycles. The Morgan fingerprint density at radius 3 is 2.58 bits per heavy atom. The lowest BCUT2D eigenvalue weighted by molar-refractivity contribution is -0.274. The summed E-state index contributed by atoms with van der Waals surface area (Å²) in [5.74, 6) is -1.02. The summed E-state index contributed by atoms with van der Waals surface area (Å²) in [6.45, 7) is 0.601. The van der Waals surface area contributed by atoms with Gasteiger partial charge in [0.1, 0.15) is 5.82 Å². The van der Waals surface area contributed by atoms with Crippen molar-refractivity contribution in [3.05, 3.63) is 30.2 Å². The zero-order valence-electron chi connectivity index (χ0n) is 10.00. The van der Waals surface area contributed by atoms with Crippen LogP contribution in [0.2, 0.25) is 0 Å². The van der Waals surface area contributed by atoms with Gasteiger partial charge in [-0.25, -0.2) is 4.39 Å². The molecule has 0 spiro atoms. The van der Waals surface area contributed by atoms with E-state index in [1.54, 1.807) is 0 Å². The Labute approximate surface area is 106 Å². The molecule has 0 radical (unpaired) electrons. The lowest BCUT2D eigenvalue weighted by atomic mass is 10.2. The van der Waals surface area contributed by atoms with Crippen LogP contribution < -0.4 is 4.74 Å². The quantitative estimate of drug-likeness (QED) is 0.800. The summed E-state index contributed by atoms with van der Waals surface area (Å²) in [5, 5.41) is 0.0813. The summed E-state index contributed by atoms with van der Waals surface area (Å²) in [4.78, 5) is 0. The number of hydrogen-bond acceptors (Lipinski definition) is 2. The molecule has 0 amide bonds. The minimum Gasteiger partial charge on any atom is -0.404 e. The van der Waals surface area contributed by atoms with Crippen molar-refractivity contribution in [2.75, 3.05) is 13.7 Å². The second kappa shape index (κ2) is 5.08. The van der Waals surface area contributed by atoms with Crippen LogP contribution >= 0.6 is 0 Å². The maximum atomic E-state index is 13.6. The van der Waals surface area contributed by atoms with Crippen LogP contribution in [0, 0.1) is 5.82 Å². The van der Waals surface area contributed by atoms with Crippen LogP contribution in [0.1, 0.15) is 0 Å². The molecule has 0 bridgehead atoms. The maximum Gasteiger partial charge on any atom is 0.573 e. The summed E-state index contributed by atoms with van der Waals surface area (Å²) >= 11 is 0. The number of rotatable bonds is 4. The highest BCUT2D eigenvalue weighted by Crippen LogP contribution is 2.32. The predicted octanol–water partition coefficient (Wildman–Crippen LogP) is 3.33. The fourth-order valence-electron chi connectivity index (χ4n) is 1.84. The van der Waals surface area contributed by atoms with Crippen molar-refractivity contribution in [1.82, 2.24) is 4.57 Å². The fraction of sp³-hybridized carbons (Fsp3) is 0.333. The molecule has 1 aromatic carbocycles. The molecule has 0 fully saturated rings. The summed E-state index contributed by atoms with van der Waals surface area (Å²) in [7, 11) is 1.47. The van der Waals surface area contributed by atoms with E-state index < -0.39 is 17.9 Å². The first-order valence-corrected chi connectivity index (χ1v) is 5.44. The average Bonchev–Trinajstić information content (AvgIpc) is 2.73. The molecule has 7 heteroatoms. The molecule has 0 saturated heterocycles. The largest absolute Gasteiger partial charge is 0.573 e. The van der Waals surface area contributed by atoms with Gasteiger partial charge in [-0.15, -0.1) is 13.2 Å². The topological polar surface area (TPSA) is 23.4 Å². The number of halogens is 4. The molecule has 0 aliphatic rings. The summed E-state index contributed by atoms with van der Waals surface area (Å²) < 4.78 is 60.7. The lowest BCUT2D eigenvalue weighted by Gasteiger charge is -2.13. The van der Waals surface area contributed by atoms with E-state index in [1.807, 2.05) is 0 Å². The molecule has 0 atom stereocenters. The van der Waals surface area contributed by atoms with E-state index in [4.69, 9.17) is 4.74 Å². The molecule has 0 N–H and O–H groups in total. The van der Waals surface area contributed by atoms with E-state index in [1.165, 1.54) is 23.9 Å². The second-order valence-corrected chi connectivity index (χ2v) is 3.86. The van der Waals surface area contributed by atoms with Gasteiger partial charge in [0.2, 0.25) is 0 Å². The predicted molar refractivity (Wildman–Crippen MR) is 60.5 cm³/mol. The second-order valence-electron chi connectivity index (χ2n) is 3.86. The molecule has 1 heterocycles. The number of fused-ring (bicyclic) bond motifs is 1. The summed E-state index contributed by atoms with van der Waals surface area (Å²) in [6, 6.07) is 3.32. The maximum absolute atomic E-state index is 13.6. The SMILES string of the molecule is COCCn1ccc2c(F)ccc(OC(F)(F)F)c21. The van der Waals surface area contributed by atoms with Gasteiger partial charge in [0.25, 0.3) is 0 Å². The molecular weight excluding hydrogens is 266 g/mol. The molecule has 0 unspecified atom stereocenters. The van der Waals surface area contributed by atoms with Gasteiger partial charge in [0, 0.05) is 25.2 Å². The van der Waals surface area contributed by atoms with Gasteiger partial charge in [-0.1, -0.05) is 0 Å². The molecular formula is C12H11F4NO2. The van der Waals surface area contributed by atoms with Gasteiger partial charge in [-0.2, -0.15) is 0 Å². The minimum atomic E-state index is -4.82. The van der Waals surface area contributed by atoms with E-state index in [2.05, 4.69) is 4.74 Å². The van der Waals surface area contributed by atoms with Gasteiger partial charge in [0.05, 0.1) is 12.1 Å². The van der Waals surface area contributed by atoms with Crippen LogP contribution in [0.3, 0.4) is 0 Å². The number of ether oxygens (including phenoxy) is 2. The van der Waals surface area contributed by atoms with Gasteiger partial charge in [-0.3, -0.25) is 0 Å². The van der Waals surface area contributed by atoms with Gasteiger partial charge >= 0.3 is 6.36 Å². The van der Waals surface area contributed by atoms with Gasteiger partial charge in [-0.05, 0) is 18.2 Å². The van der Waals surface area contributed by atoms with Crippen molar-refractivity contribution in [1.29, 1.82) is 0 Å². The third-order valence-electron chi connectivity index (χ3n) is 2.60. The third kappa shape index (κ3) is 2.98. The number of aromatic nitrogens is 1. The number of benzene rings is 1. The first kappa shape index (κ1) is 13.7. The molecule has 3 nitrogen and oxygen atoms in total. The molecule has 104 valence electrons. The average molecular weight is 277 g/mol. The van der Waals surface area contributed by atoms with Crippen LogP contribution in [0.15, 0.2) is 24.4 Å². The molecule has 1 aromatic heterocycles. The number of methoxy groups -OCH3 is 1. The number of hydrogen-bond donors (Lipinski definition) is 0. The van der Waals surface area contributed by atoms with Crippen LogP contribution in [0.25, 0.3) is 10.9 Å². The highest BCUT2D eigenvalue weighted by atomic mass is 19.4. The lowest BCUT2D eigenvalue weighted by Crippen LogP contribution is -2.18. The van der Waals surface area contributed by atoms with E-state index in [9.17, 15) is 17.6 Å². The van der Waals surface area contributed by atoms with Crippen LogP contribution in [0.5, 0.6) is 5.75 Å². The standard InChI is InChI=1S/C12H11F4NO2/c1-18-7-6-17-5-4-8-9(13)2-3-10(11(8)17)19-12(14,15)16/h2-5H,6-7H2,1H3. The van der Waals surface area contributed by atoms with Crippen molar-refractivity contribution >= 4 is 10.9 Å². The van der Waals surface area contributed by atoms with Crippen LogP contribution in [-0.4, -0.2) is 24.6 Å². The molecule has 0 aliphatic carbocycles. The first-order valence-electron chi connectivity index (χ1n) is 5.44. The normalized spacial score (nSPS) is 12.1. The first-order chi connectivity index (χ1) is 8.92. The summed E-state index contributed by atoms with van der Waals surface area (Å²) in [6.07, 6.45) is -3.32. The van der Waals surface area contributed by atoms with Crippen LogP contribution in [0.4, 0.5) is 17.6 Å².